The standard InChI is InChI=1S/C9H10FNO3/c1-13-8-5-11-6(3-7(8)10)4-9(12)14-2/h3,5H,4H2,1-2H3. The number of nitrogens with zero attached hydrogens (tertiary/aromatic N) is 1. The average Bonchev–Trinajstić information content (AvgIpc) is 2.18. The highest BCUT2D eigenvalue weighted by atomic mass is 19.1. The van der Waals surface area contributed by atoms with E-state index in [4.69, 9.17) is 0 Å². The number of hydrogen-bond acceptors (Lipinski definition) is 4. The van der Waals surface area contributed by atoms with Gasteiger partial charge in [0.2, 0.25) is 0 Å². The Labute approximate surface area is 80.7 Å². The minimum Gasteiger partial charge on any atom is -0.492 e. The molecule has 0 N–H and O–H groups in total. The lowest BCUT2D eigenvalue weighted by Crippen LogP contribution is -2.06. The third-order valence-corrected chi connectivity index (χ3v) is 1.65. The molecule has 0 spiro atoms. The first-order chi connectivity index (χ1) is 6.67. The fraction of sp³-hybridized carbons (Fsp3) is 0.333. The summed E-state index contributed by atoms with van der Waals surface area (Å²) in [6, 6.07) is 1.15. The van der Waals surface area contributed by atoms with Gasteiger partial charge in [0.05, 0.1) is 32.5 Å². The summed E-state index contributed by atoms with van der Waals surface area (Å²) in [5.74, 6) is -0.943. The lowest BCUT2D eigenvalue weighted by Gasteiger charge is -2.03. The highest BCUT2D eigenvalue weighted by Crippen LogP contribution is 2.15. The Morgan fingerprint density at radius 1 is 1.57 bits per heavy atom. The van der Waals surface area contributed by atoms with Gasteiger partial charge in [0.15, 0.2) is 11.6 Å². The number of rotatable bonds is 3. The molecule has 1 aromatic heterocycles. The van der Waals surface area contributed by atoms with Crippen molar-refractivity contribution in [2.45, 2.75) is 6.42 Å². The number of pyridine rings is 1. The summed E-state index contributed by atoms with van der Waals surface area (Å²) in [5, 5.41) is 0. The molecule has 0 bridgehead atoms. The van der Waals surface area contributed by atoms with Crippen LogP contribution in [0.4, 0.5) is 4.39 Å². The Morgan fingerprint density at radius 2 is 2.29 bits per heavy atom. The van der Waals surface area contributed by atoms with Gasteiger partial charge in [-0.15, -0.1) is 0 Å². The molecule has 4 nitrogen and oxygen atoms in total. The number of aromatic nitrogens is 1. The van der Waals surface area contributed by atoms with Gasteiger partial charge in [-0.1, -0.05) is 0 Å². The van der Waals surface area contributed by atoms with Crippen LogP contribution < -0.4 is 4.74 Å². The highest BCUT2D eigenvalue weighted by molar-refractivity contribution is 5.71. The zero-order valence-corrected chi connectivity index (χ0v) is 7.91. The summed E-state index contributed by atoms with van der Waals surface area (Å²) in [4.78, 5) is 14.7. The second kappa shape index (κ2) is 4.55. The smallest absolute Gasteiger partial charge is 0.311 e. The molecule has 76 valence electrons. The van der Waals surface area contributed by atoms with Gasteiger partial charge < -0.3 is 9.47 Å². The van der Waals surface area contributed by atoms with Crippen LogP contribution in [-0.4, -0.2) is 25.2 Å². The number of hydrogen-bond donors (Lipinski definition) is 0. The molecule has 0 fully saturated rings. The van der Waals surface area contributed by atoms with Crippen molar-refractivity contribution in [1.29, 1.82) is 0 Å². The third-order valence-electron chi connectivity index (χ3n) is 1.65. The SMILES string of the molecule is COC(=O)Cc1cc(F)c(OC)cn1. The Balaban J connectivity index is 2.81. The predicted molar refractivity (Wildman–Crippen MR) is 46.5 cm³/mol. The molecule has 0 radical (unpaired) electrons. The van der Waals surface area contributed by atoms with E-state index in [-0.39, 0.29) is 12.2 Å². The number of carbonyl (C=O) groups is 1. The highest BCUT2D eigenvalue weighted by Gasteiger charge is 2.08. The Hall–Kier alpha value is -1.65. The number of esters is 1. The van der Waals surface area contributed by atoms with Crippen LogP contribution in [0, 0.1) is 5.82 Å². The largest absolute Gasteiger partial charge is 0.492 e. The molecular formula is C9H10FNO3. The van der Waals surface area contributed by atoms with Crippen molar-refractivity contribution in [1.82, 2.24) is 4.98 Å². The minimum absolute atomic E-state index is 0.0442. The average molecular weight is 199 g/mol. The second-order valence-corrected chi connectivity index (χ2v) is 2.56. The van der Waals surface area contributed by atoms with Crippen LogP contribution in [-0.2, 0) is 16.0 Å². The Morgan fingerprint density at radius 3 is 2.79 bits per heavy atom. The second-order valence-electron chi connectivity index (χ2n) is 2.56. The fourth-order valence-corrected chi connectivity index (χ4v) is 0.925. The first-order valence-corrected chi connectivity index (χ1v) is 3.92. The van der Waals surface area contributed by atoms with Gasteiger partial charge in [-0.3, -0.25) is 9.78 Å². The molecular weight excluding hydrogens is 189 g/mol. The number of halogens is 1. The maximum absolute atomic E-state index is 13.1. The van der Waals surface area contributed by atoms with E-state index in [1.165, 1.54) is 20.4 Å². The summed E-state index contributed by atoms with van der Waals surface area (Å²) < 4.78 is 22.2. The van der Waals surface area contributed by atoms with Gasteiger partial charge in [0, 0.05) is 0 Å². The minimum atomic E-state index is -0.540. The van der Waals surface area contributed by atoms with Crippen molar-refractivity contribution in [2.75, 3.05) is 14.2 Å². The van der Waals surface area contributed by atoms with E-state index in [1.807, 2.05) is 0 Å². The fourth-order valence-electron chi connectivity index (χ4n) is 0.925. The van der Waals surface area contributed by atoms with E-state index in [9.17, 15) is 9.18 Å². The maximum atomic E-state index is 13.1. The molecule has 0 saturated carbocycles. The summed E-state index contributed by atoms with van der Waals surface area (Å²) in [6.07, 6.45) is 1.19. The van der Waals surface area contributed by atoms with Gasteiger partial charge in [-0.05, 0) is 6.07 Å². The lowest BCUT2D eigenvalue weighted by molar-refractivity contribution is -0.139. The molecule has 0 aromatic carbocycles. The van der Waals surface area contributed by atoms with Crippen molar-refractivity contribution in [3.63, 3.8) is 0 Å². The summed E-state index contributed by atoms with van der Waals surface area (Å²) in [5.41, 5.74) is 0.315. The van der Waals surface area contributed by atoms with Gasteiger partial charge >= 0.3 is 5.97 Å². The Bertz CT molecular complexity index is 341. The van der Waals surface area contributed by atoms with E-state index in [0.717, 1.165) is 6.07 Å². The number of carbonyl (C=O) groups excluding carboxylic acids is 1. The number of ether oxygens (including phenoxy) is 2. The van der Waals surface area contributed by atoms with E-state index in [2.05, 4.69) is 14.5 Å². The van der Waals surface area contributed by atoms with Crippen molar-refractivity contribution >= 4 is 5.97 Å². The van der Waals surface area contributed by atoms with Crippen molar-refractivity contribution in [3.8, 4) is 5.75 Å². The molecule has 5 heteroatoms. The van der Waals surface area contributed by atoms with E-state index >= 15 is 0 Å². The van der Waals surface area contributed by atoms with Crippen molar-refractivity contribution in [3.05, 3.63) is 23.8 Å². The van der Waals surface area contributed by atoms with Crippen molar-refractivity contribution < 1.29 is 18.7 Å². The van der Waals surface area contributed by atoms with Crippen LogP contribution >= 0.6 is 0 Å². The van der Waals surface area contributed by atoms with Crippen LogP contribution in [0.1, 0.15) is 5.69 Å². The summed E-state index contributed by atoms with van der Waals surface area (Å²) in [6.45, 7) is 0. The van der Waals surface area contributed by atoms with Crippen LogP contribution in [0.25, 0.3) is 0 Å². The molecule has 0 amide bonds. The molecule has 0 aliphatic heterocycles. The topological polar surface area (TPSA) is 48.4 Å². The van der Waals surface area contributed by atoms with Crippen LogP contribution in [0.5, 0.6) is 5.75 Å². The first kappa shape index (κ1) is 10.4. The first-order valence-electron chi connectivity index (χ1n) is 3.92. The number of methoxy groups -OCH3 is 2. The van der Waals surface area contributed by atoms with Crippen molar-refractivity contribution in [2.24, 2.45) is 0 Å². The van der Waals surface area contributed by atoms with Gasteiger partial charge in [-0.2, -0.15) is 0 Å². The summed E-state index contributed by atoms with van der Waals surface area (Å²) in [7, 11) is 2.61. The quantitative estimate of drug-likeness (QED) is 0.680. The van der Waals surface area contributed by atoms with Gasteiger partial charge in [0.25, 0.3) is 0 Å². The molecule has 0 saturated heterocycles. The molecule has 0 atom stereocenters. The van der Waals surface area contributed by atoms with E-state index in [1.54, 1.807) is 0 Å². The van der Waals surface area contributed by atoms with Gasteiger partial charge in [0.1, 0.15) is 0 Å². The zero-order chi connectivity index (χ0) is 10.6. The molecule has 1 rings (SSSR count). The van der Waals surface area contributed by atoms with Crippen LogP contribution in [0.15, 0.2) is 12.3 Å². The van der Waals surface area contributed by atoms with E-state index < -0.39 is 11.8 Å². The molecule has 14 heavy (non-hydrogen) atoms. The van der Waals surface area contributed by atoms with Crippen LogP contribution in [0.2, 0.25) is 0 Å². The lowest BCUT2D eigenvalue weighted by atomic mass is 10.2. The molecule has 1 aromatic rings. The molecule has 0 aliphatic rings. The zero-order valence-electron chi connectivity index (χ0n) is 7.91. The normalized spacial score (nSPS) is 9.64. The molecule has 0 aliphatic carbocycles. The third kappa shape index (κ3) is 2.42. The maximum Gasteiger partial charge on any atom is 0.311 e. The molecule has 1 heterocycles. The molecule has 0 unspecified atom stereocenters. The summed E-state index contributed by atoms with van der Waals surface area (Å²) >= 11 is 0. The monoisotopic (exact) mass is 199 g/mol. The van der Waals surface area contributed by atoms with E-state index in [0.29, 0.717) is 5.69 Å². The predicted octanol–water partition coefficient (Wildman–Crippen LogP) is 0.945. The Kier molecular flexibility index (Phi) is 3.39. The van der Waals surface area contributed by atoms with Gasteiger partial charge in [-0.25, -0.2) is 4.39 Å². The van der Waals surface area contributed by atoms with Crippen LogP contribution in [0.3, 0.4) is 0 Å².